The lowest BCUT2D eigenvalue weighted by atomic mass is 9.79. The SMILES string of the molecule is CN(CCC1(C)CN(c2ncnc3ccn(C)c23)C1)S(N)(=O)=O. The lowest BCUT2D eigenvalue weighted by Crippen LogP contribution is -2.56. The van der Waals surface area contributed by atoms with Crippen molar-refractivity contribution in [2.45, 2.75) is 13.3 Å². The summed E-state index contributed by atoms with van der Waals surface area (Å²) in [5.74, 6) is 0.930. The van der Waals surface area contributed by atoms with E-state index in [-0.39, 0.29) is 5.41 Å². The Kier molecular flexibility index (Phi) is 3.81. The first-order valence-electron chi connectivity index (χ1n) is 7.45. The van der Waals surface area contributed by atoms with Gasteiger partial charge >= 0.3 is 0 Å². The van der Waals surface area contributed by atoms with E-state index >= 15 is 0 Å². The quantitative estimate of drug-likeness (QED) is 0.847. The predicted octanol–water partition coefficient (Wildman–Crippen LogP) is 0.320. The van der Waals surface area contributed by atoms with Crippen LogP contribution in [0.15, 0.2) is 18.6 Å². The second kappa shape index (κ2) is 5.43. The van der Waals surface area contributed by atoms with Crippen LogP contribution in [0.5, 0.6) is 0 Å². The zero-order valence-electron chi connectivity index (χ0n) is 13.6. The van der Waals surface area contributed by atoms with Gasteiger partial charge in [0.25, 0.3) is 10.2 Å². The summed E-state index contributed by atoms with van der Waals surface area (Å²) in [6, 6.07) is 1.97. The van der Waals surface area contributed by atoms with Gasteiger partial charge in [0, 0.05) is 45.3 Å². The van der Waals surface area contributed by atoms with Gasteiger partial charge in [0.1, 0.15) is 11.8 Å². The van der Waals surface area contributed by atoms with Crippen LogP contribution in [0.3, 0.4) is 0 Å². The molecule has 3 rings (SSSR count). The van der Waals surface area contributed by atoms with Gasteiger partial charge in [-0.05, 0) is 12.5 Å². The third-order valence-corrected chi connectivity index (χ3v) is 5.60. The second-order valence-corrected chi connectivity index (χ2v) is 8.29. The molecule has 2 aromatic heterocycles. The number of rotatable bonds is 5. The van der Waals surface area contributed by atoms with Crippen molar-refractivity contribution in [2.75, 3.05) is 31.6 Å². The number of hydrogen-bond donors (Lipinski definition) is 1. The van der Waals surface area contributed by atoms with Crippen LogP contribution in [-0.2, 0) is 17.3 Å². The van der Waals surface area contributed by atoms with E-state index in [0.717, 1.165) is 36.4 Å². The molecule has 8 nitrogen and oxygen atoms in total. The number of nitrogens with two attached hydrogens (primary N) is 1. The molecule has 1 fully saturated rings. The summed E-state index contributed by atoms with van der Waals surface area (Å²) in [5, 5.41) is 5.12. The summed E-state index contributed by atoms with van der Waals surface area (Å²) in [7, 11) is -0.118. The van der Waals surface area contributed by atoms with Gasteiger partial charge in [0.05, 0.1) is 5.52 Å². The molecule has 0 radical (unpaired) electrons. The molecule has 0 aliphatic carbocycles. The molecule has 0 amide bonds. The maximum atomic E-state index is 11.3. The summed E-state index contributed by atoms with van der Waals surface area (Å²) < 4.78 is 25.8. The standard InChI is InChI=1S/C14H22N6O2S/c1-14(5-7-19(3)23(15,21)22)8-20(9-14)13-12-11(16-10-17-13)4-6-18(12)2/h4,6,10H,5,7-9H2,1-3H3,(H2,15,21,22). The molecule has 2 aromatic rings. The van der Waals surface area contributed by atoms with Crippen molar-refractivity contribution in [3.05, 3.63) is 18.6 Å². The molecule has 1 saturated heterocycles. The smallest absolute Gasteiger partial charge is 0.276 e. The maximum absolute atomic E-state index is 11.3. The number of fused-ring (bicyclic) bond motifs is 1. The van der Waals surface area contributed by atoms with Gasteiger partial charge < -0.3 is 9.47 Å². The van der Waals surface area contributed by atoms with E-state index < -0.39 is 10.2 Å². The molecule has 23 heavy (non-hydrogen) atoms. The van der Waals surface area contributed by atoms with Gasteiger partial charge in [0.2, 0.25) is 0 Å². The van der Waals surface area contributed by atoms with Gasteiger partial charge in [-0.2, -0.15) is 12.7 Å². The molecule has 9 heteroatoms. The maximum Gasteiger partial charge on any atom is 0.276 e. The van der Waals surface area contributed by atoms with Gasteiger partial charge in [-0.1, -0.05) is 6.92 Å². The Labute approximate surface area is 136 Å². The molecule has 0 bridgehead atoms. The fraction of sp³-hybridized carbons (Fsp3) is 0.571. The predicted molar refractivity (Wildman–Crippen MR) is 89.2 cm³/mol. The largest absolute Gasteiger partial charge is 0.354 e. The first-order valence-corrected chi connectivity index (χ1v) is 8.95. The highest BCUT2D eigenvalue weighted by molar-refractivity contribution is 7.86. The molecular weight excluding hydrogens is 316 g/mol. The van der Waals surface area contributed by atoms with E-state index in [4.69, 9.17) is 5.14 Å². The summed E-state index contributed by atoms with van der Waals surface area (Å²) in [5.41, 5.74) is 2.01. The van der Waals surface area contributed by atoms with Crippen molar-refractivity contribution >= 4 is 27.1 Å². The molecule has 3 heterocycles. The molecule has 0 spiro atoms. The average molecular weight is 338 g/mol. The zero-order chi connectivity index (χ0) is 16.8. The minimum atomic E-state index is -3.61. The third-order valence-electron chi connectivity index (χ3n) is 4.55. The van der Waals surface area contributed by atoms with Gasteiger partial charge in [-0.3, -0.25) is 0 Å². The lowest BCUT2D eigenvalue weighted by molar-refractivity contribution is 0.208. The summed E-state index contributed by atoms with van der Waals surface area (Å²) in [4.78, 5) is 10.9. The Bertz CT molecular complexity index is 825. The molecule has 0 atom stereocenters. The fourth-order valence-electron chi connectivity index (χ4n) is 3.07. The summed E-state index contributed by atoms with van der Waals surface area (Å²) in [6.07, 6.45) is 4.32. The van der Waals surface area contributed by atoms with E-state index in [9.17, 15) is 8.42 Å². The second-order valence-electron chi connectivity index (χ2n) is 6.64. The molecule has 0 unspecified atom stereocenters. The van der Waals surface area contributed by atoms with Crippen molar-refractivity contribution in [3.8, 4) is 0 Å². The Morgan fingerprint density at radius 3 is 2.74 bits per heavy atom. The van der Waals surface area contributed by atoms with Gasteiger partial charge in [-0.15, -0.1) is 0 Å². The Morgan fingerprint density at radius 1 is 1.39 bits per heavy atom. The molecule has 0 aromatic carbocycles. The van der Waals surface area contributed by atoms with Crippen molar-refractivity contribution < 1.29 is 8.42 Å². The molecule has 126 valence electrons. The first-order chi connectivity index (χ1) is 10.7. The van der Waals surface area contributed by atoms with Crippen molar-refractivity contribution in [2.24, 2.45) is 17.6 Å². The van der Waals surface area contributed by atoms with Crippen LogP contribution >= 0.6 is 0 Å². The van der Waals surface area contributed by atoms with E-state index in [0.29, 0.717) is 6.54 Å². The van der Waals surface area contributed by atoms with Crippen LogP contribution in [-0.4, -0.2) is 53.9 Å². The first kappa shape index (κ1) is 16.2. The molecule has 1 aliphatic heterocycles. The van der Waals surface area contributed by atoms with Gasteiger partial charge in [-0.25, -0.2) is 15.1 Å². The minimum absolute atomic E-state index is 0.0569. The number of aryl methyl sites for hydroxylation is 1. The summed E-state index contributed by atoms with van der Waals surface area (Å²) in [6.45, 7) is 4.25. The Morgan fingerprint density at radius 2 is 2.09 bits per heavy atom. The van der Waals surface area contributed by atoms with Crippen molar-refractivity contribution in [1.82, 2.24) is 18.8 Å². The van der Waals surface area contributed by atoms with Crippen LogP contribution in [0.1, 0.15) is 13.3 Å². The Hall–Kier alpha value is -1.71. The normalized spacial score (nSPS) is 17.7. The van der Waals surface area contributed by atoms with Crippen LogP contribution in [0.25, 0.3) is 11.0 Å². The lowest BCUT2D eigenvalue weighted by Gasteiger charge is -2.49. The number of nitrogens with zero attached hydrogens (tertiary/aromatic N) is 5. The highest BCUT2D eigenvalue weighted by Crippen LogP contribution is 2.38. The van der Waals surface area contributed by atoms with E-state index in [1.165, 1.54) is 11.4 Å². The van der Waals surface area contributed by atoms with E-state index in [2.05, 4.69) is 21.8 Å². The fourth-order valence-corrected chi connectivity index (χ4v) is 3.41. The number of hydrogen-bond acceptors (Lipinski definition) is 5. The van der Waals surface area contributed by atoms with E-state index in [1.54, 1.807) is 6.33 Å². The van der Waals surface area contributed by atoms with Crippen LogP contribution < -0.4 is 10.0 Å². The Balaban J connectivity index is 1.69. The molecule has 2 N–H and O–H groups in total. The number of anilines is 1. The number of aromatic nitrogens is 3. The van der Waals surface area contributed by atoms with Crippen LogP contribution in [0, 0.1) is 5.41 Å². The highest BCUT2D eigenvalue weighted by Gasteiger charge is 2.40. The van der Waals surface area contributed by atoms with Crippen LogP contribution in [0.4, 0.5) is 5.82 Å². The van der Waals surface area contributed by atoms with Crippen LogP contribution in [0.2, 0.25) is 0 Å². The van der Waals surface area contributed by atoms with Gasteiger partial charge in [0.15, 0.2) is 5.82 Å². The van der Waals surface area contributed by atoms with Crippen molar-refractivity contribution in [3.63, 3.8) is 0 Å². The average Bonchev–Trinajstić information content (AvgIpc) is 2.82. The highest BCUT2D eigenvalue weighted by atomic mass is 32.2. The minimum Gasteiger partial charge on any atom is -0.354 e. The van der Waals surface area contributed by atoms with E-state index in [1.807, 2.05) is 23.9 Å². The third kappa shape index (κ3) is 3.04. The molecule has 1 aliphatic rings. The van der Waals surface area contributed by atoms with Crippen molar-refractivity contribution in [1.29, 1.82) is 0 Å². The monoisotopic (exact) mass is 338 g/mol. The summed E-state index contributed by atoms with van der Waals surface area (Å²) >= 11 is 0. The topological polar surface area (TPSA) is 97.3 Å². The zero-order valence-corrected chi connectivity index (χ0v) is 14.4. The molecular formula is C14H22N6O2S. The molecule has 0 saturated carbocycles.